The van der Waals surface area contributed by atoms with Crippen molar-refractivity contribution in [3.05, 3.63) is 23.8 Å². The molecule has 53 valence electrons. The molecular formula is C5H3F2N2S. The molecule has 1 rings (SSSR count). The van der Waals surface area contributed by atoms with E-state index in [1.54, 1.807) is 0 Å². The van der Waals surface area contributed by atoms with Crippen LogP contribution in [0.3, 0.4) is 0 Å². The van der Waals surface area contributed by atoms with Crippen LogP contribution in [0.2, 0.25) is 0 Å². The van der Waals surface area contributed by atoms with Gasteiger partial charge in [-0.25, -0.2) is 0 Å². The summed E-state index contributed by atoms with van der Waals surface area (Å²) in [4.78, 5) is 5.84. The Morgan fingerprint density at radius 2 is 2.20 bits per heavy atom. The van der Waals surface area contributed by atoms with Crippen LogP contribution >= 0.6 is 12.6 Å². The third-order valence-corrected chi connectivity index (χ3v) is 1.20. The van der Waals surface area contributed by atoms with Gasteiger partial charge in [0.25, 0.3) is 0 Å². The Hall–Kier alpha value is -0.710. The van der Waals surface area contributed by atoms with Gasteiger partial charge in [-0.2, -0.15) is 31.4 Å². The van der Waals surface area contributed by atoms with Gasteiger partial charge in [-0.1, -0.05) is 0 Å². The quantitative estimate of drug-likeness (QED) is 0.377. The first kappa shape index (κ1) is 7.40. The summed E-state index contributed by atoms with van der Waals surface area (Å²) in [7, 11) is 0. The van der Waals surface area contributed by atoms with Crippen molar-refractivity contribution in [2.24, 2.45) is 0 Å². The van der Waals surface area contributed by atoms with E-state index in [1.807, 2.05) is 0 Å². The first-order chi connectivity index (χ1) is 4.74. The fourth-order valence-electron chi connectivity index (χ4n) is 0.434. The third-order valence-electron chi connectivity index (χ3n) is 0.881. The van der Waals surface area contributed by atoms with Crippen molar-refractivity contribution in [3.63, 3.8) is 0 Å². The summed E-state index contributed by atoms with van der Waals surface area (Å²) in [5.41, 5.74) is 0.0738. The van der Waals surface area contributed by atoms with E-state index in [0.29, 0.717) is 0 Å². The smallest absolute Gasteiger partial charge is 0.200 e. The van der Waals surface area contributed by atoms with Crippen LogP contribution in [0.5, 0.6) is 0 Å². The van der Waals surface area contributed by atoms with Crippen LogP contribution in [0.4, 0.5) is 8.78 Å². The molecule has 0 aliphatic carbocycles. The standard InChI is InChI=1S/C5H3F2N2S/c6-4-3(2-10)1-8-5(7)9-4/h10H,2H2. The number of nitrogens with zero attached hydrogens (tertiary/aromatic N) is 2. The van der Waals surface area contributed by atoms with Gasteiger partial charge in [-0.3, -0.25) is 0 Å². The SMILES string of the molecule is Fc1n[c]c(CS)c(F)n1. The molecule has 0 unspecified atom stereocenters. The van der Waals surface area contributed by atoms with E-state index >= 15 is 0 Å². The Balaban J connectivity index is 3.07. The summed E-state index contributed by atoms with van der Waals surface area (Å²) in [5.74, 6) is -0.783. The summed E-state index contributed by atoms with van der Waals surface area (Å²) < 4.78 is 24.3. The van der Waals surface area contributed by atoms with E-state index in [4.69, 9.17) is 0 Å². The Bertz CT molecular complexity index is 241. The van der Waals surface area contributed by atoms with Gasteiger partial charge in [0.1, 0.15) is 6.20 Å². The van der Waals surface area contributed by atoms with E-state index < -0.39 is 12.0 Å². The zero-order valence-corrected chi connectivity index (χ0v) is 5.70. The fraction of sp³-hybridized carbons (Fsp3) is 0.200. The van der Waals surface area contributed by atoms with Crippen molar-refractivity contribution < 1.29 is 8.78 Å². The van der Waals surface area contributed by atoms with Crippen LogP contribution < -0.4 is 0 Å². The monoisotopic (exact) mass is 161 g/mol. The average molecular weight is 161 g/mol. The molecule has 0 aliphatic rings. The van der Waals surface area contributed by atoms with Crippen molar-refractivity contribution in [1.29, 1.82) is 0 Å². The summed E-state index contributed by atoms with van der Waals surface area (Å²) in [6.45, 7) is 0. The highest BCUT2D eigenvalue weighted by Gasteiger charge is 2.03. The van der Waals surface area contributed by atoms with Gasteiger partial charge >= 0.3 is 6.08 Å². The van der Waals surface area contributed by atoms with Crippen LogP contribution in [0, 0.1) is 18.2 Å². The van der Waals surface area contributed by atoms with Crippen LogP contribution in [-0.4, -0.2) is 9.97 Å². The first-order valence-corrected chi connectivity index (χ1v) is 3.07. The second-order valence-electron chi connectivity index (χ2n) is 1.53. The highest BCUT2D eigenvalue weighted by Crippen LogP contribution is 2.04. The average Bonchev–Trinajstić information content (AvgIpc) is 1.88. The van der Waals surface area contributed by atoms with E-state index in [2.05, 4.69) is 28.8 Å². The number of rotatable bonds is 1. The lowest BCUT2D eigenvalue weighted by atomic mass is 10.4. The Morgan fingerprint density at radius 1 is 1.50 bits per heavy atom. The van der Waals surface area contributed by atoms with E-state index in [0.717, 1.165) is 0 Å². The Kier molecular flexibility index (Phi) is 2.16. The van der Waals surface area contributed by atoms with Crippen LogP contribution in [0.1, 0.15) is 5.56 Å². The summed E-state index contributed by atoms with van der Waals surface area (Å²) >= 11 is 3.74. The molecule has 2 nitrogen and oxygen atoms in total. The lowest BCUT2D eigenvalue weighted by Gasteiger charge is -1.93. The molecule has 0 N–H and O–H groups in total. The molecule has 5 heteroatoms. The van der Waals surface area contributed by atoms with Gasteiger partial charge in [0, 0.05) is 11.3 Å². The zero-order valence-electron chi connectivity index (χ0n) is 4.80. The number of hydrogen-bond acceptors (Lipinski definition) is 3. The van der Waals surface area contributed by atoms with Crippen LogP contribution in [-0.2, 0) is 5.75 Å². The maximum absolute atomic E-state index is 12.4. The van der Waals surface area contributed by atoms with Crippen molar-refractivity contribution in [2.75, 3.05) is 0 Å². The number of thiol groups is 1. The van der Waals surface area contributed by atoms with Gasteiger partial charge < -0.3 is 0 Å². The minimum Gasteiger partial charge on any atom is -0.200 e. The molecule has 0 aliphatic heterocycles. The minimum absolute atomic E-state index is 0.0738. The van der Waals surface area contributed by atoms with Crippen molar-refractivity contribution in [3.8, 4) is 0 Å². The number of hydrogen-bond donors (Lipinski definition) is 1. The minimum atomic E-state index is -1.11. The Labute approximate surface area is 61.7 Å². The zero-order chi connectivity index (χ0) is 7.56. The predicted molar refractivity (Wildman–Crippen MR) is 33.5 cm³/mol. The van der Waals surface area contributed by atoms with Crippen molar-refractivity contribution >= 4 is 12.6 Å². The number of aromatic nitrogens is 2. The highest BCUT2D eigenvalue weighted by molar-refractivity contribution is 7.79. The van der Waals surface area contributed by atoms with Crippen molar-refractivity contribution in [2.45, 2.75) is 5.75 Å². The van der Waals surface area contributed by atoms with Gasteiger partial charge in [0.2, 0.25) is 5.95 Å². The Morgan fingerprint density at radius 3 is 2.70 bits per heavy atom. The molecule has 1 heterocycles. The predicted octanol–water partition coefficient (Wildman–Crippen LogP) is 0.985. The molecule has 1 aromatic heterocycles. The molecule has 10 heavy (non-hydrogen) atoms. The maximum Gasteiger partial charge on any atom is 0.311 e. The molecule has 0 saturated carbocycles. The van der Waals surface area contributed by atoms with E-state index in [9.17, 15) is 8.78 Å². The molecule has 1 radical (unpaired) electrons. The fourth-order valence-corrected chi connectivity index (χ4v) is 0.635. The summed E-state index contributed by atoms with van der Waals surface area (Å²) in [5, 5.41) is 0. The molecule has 0 bridgehead atoms. The van der Waals surface area contributed by atoms with Crippen LogP contribution in [0.15, 0.2) is 0 Å². The van der Waals surface area contributed by atoms with Gasteiger partial charge in [0.15, 0.2) is 0 Å². The second-order valence-corrected chi connectivity index (χ2v) is 1.85. The summed E-state index contributed by atoms with van der Waals surface area (Å²) in [6, 6.07) is 0. The lowest BCUT2D eigenvalue weighted by Crippen LogP contribution is -1.97. The van der Waals surface area contributed by atoms with Gasteiger partial charge in [-0.05, 0) is 0 Å². The molecule has 0 aromatic carbocycles. The largest absolute Gasteiger partial charge is 0.311 e. The third kappa shape index (κ3) is 1.41. The molecule has 0 atom stereocenters. The van der Waals surface area contributed by atoms with E-state index in [1.165, 1.54) is 0 Å². The topological polar surface area (TPSA) is 25.8 Å². The van der Waals surface area contributed by atoms with Gasteiger partial charge in [0.05, 0.1) is 0 Å². The molecule has 0 amide bonds. The van der Waals surface area contributed by atoms with Crippen molar-refractivity contribution in [1.82, 2.24) is 9.97 Å². The molecular weight excluding hydrogens is 158 g/mol. The second kappa shape index (κ2) is 2.92. The molecule has 0 fully saturated rings. The van der Waals surface area contributed by atoms with Gasteiger partial charge in [-0.15, -0.1) is 0 Å². The summed E-state index contributed by atoms with van der Waals surface area (Å²) in [6.07, 6.45) is 1.01. The molecule has 1 aromatic rings. The van der Waals surface area contributed by atoms with E-state index in [-0.39, 0.29) is 11.3 Å². The number of halogens is 2. The molecule has 0 spiro atoms. The highest BCUT2D eigenvalue weighted by atomic mass is 32.1. The van der Waals surface area contributed by atoms with Crippen LogP contribution in [0.25, 0.3) is 0 Å². The normalized spacial score (nSPS) is 9.90. The first-order valence-electron chi connectivity index (χ1n) is 2.44. The maximum atomic E-state index is 12.4. The lowest BCUT2D eigenvalue weighted by molar-refractivity contribution is 0.475. The molecule has 0 saturated heterocycles.